The van der Waals surface area contributed by atoms with E-state index in [-0.39, 0.29) is 23.1 Å². The number of carbonyl (C=O) groups is 1. The molecular formula is C14H20N2O4. The van der Waals surface area contributed by atoms with Gasteiger partial charge in [0, 0.05) is 24.2 Å². The minimum absolute atomic E-state index is 0.0208. The van der Waals surface area contributed by atoms with E-state index in [4.69, 9.17) is 10.5 Å². The van der Waals surface area contributed by atoms with Crippen molar-refractivity contribution < 1.29 is 19.7 Å². The zero-order valence-corrected chi connectivity index (χ0v) is 11.7. The molecule has 4 N–H and O–H groups in total. The lowest BCUT2D eigenvalue weighted by Crippen LogP contribution is -2.20. The summed E-state index contributed by atoms with van der Waals surface area (Å²) in [7, 11) is 3.33. The lowest BCUT2D eigenvalue weighted by atomic mass is 9.97. The minimum atomic E-state index is -1.07. The Morgan fingerprint density at radius 3 is 2.75 bits per heavy atom. The minimum Gasteiger partial charge on any atom is -0.507 e. The average Bonchev–Trinajstić information content (AvgIpc) is 2.79. The van der Waals surface area contributed by atoms with Gasteiger partial charge in [-0.1, -0.05) is 0 Å². The summed E-state index contributed by atoms with van der Waals surface area (Å²) in [5, 5.41) is 19.4. The second-order valence-corrected chi connectivity index (χ2v) is 5.21. The van der Waals surface area contributed by atoms with Crippen molar-refractivity contribution in [2.75, 3.05) is 27.2 Å². The number of carboxylic acids is 1. The zero-order chi connectivity index (χ0) is 14.9. The number of phenols is 1. The molecule has 0 bridgehead atoms. The van der Waals surface area contributed by atoms with Gasteiger partial charge < -0.3 is 20.7 Å². The largest absolute Gasteiger partial charge is 0.507 e. The van der Waals surface area contributed by atoms with E-state index in [0.717, 1.165) is 13.0 Å². The standard InChI is InChI=1S/C14H20N2O4/c1-16-7-8(6-15)3-11(16)9-4-10(14(18)19)13(20-2)5-12(9)17/h4-5,8,11,17H,3,6-7,15H2,1-2H3,(H,18,19). The topological polar surface area (TPSA) is 96.0 Å². The van der Waals surface area contributed by atoms with Crippen molar-refractivity contribution in [3.8, 4) is 11.5 Å². The summed E-state index contributed by atoms with van der Waals surface area (Å²) >= 11 is 0. The van der Waals surface area contributed by atoms with Gasteiger partial charge in [0.2, 0.25) is 0 Å². The molecule has 2 rings (SSSR count). The SMILES string of the molecule is COc1cc(O)c(C2CC(CN)CN2C)cc1C(=O)O. The Morgan fingerprint density at radius 1 is 1.55 bits per heavy atom. The van der Waals surface area contributed by atoms with Crippen LogP contribution in [0.4, 0.5) is 0 Å². The van der Waals surface area contributed by atoms with Crippen LogP contribution < -0.4 is 10.5 Å². The van der Waals surface area contributed by atoms with E-state index >= 15 is 0 Å². The zero-order valence-electron chi connectivity index (χ0n) is 11.7. The van der Waals surface area contributed by atoms with Crippen LogP contribution in [0.15, 0.2) is 12.1 Å². The fourth-order valence-electron chi connectivity index (χ4n) is 2.83. The average molecular weight is 280 g/mol. The van der Waals surface area contributed by atoms with Crippen LogP contribution in [0.3, 0.4) is 0 Å². The summed E-state index contributed by atoms with van der Waals surface area (Å²) in [6, 6.07) is 2.84. The number of ether oxygens (including phenoxy) is 1. The van der Waals surface area contributed by atoms with Crippen LogP contribution in [-0.4, -0.2) is 48.3 Å². The molecule has 1 fully saturated rings. The van der Waals surface area contributed by atoms with Gasteiger partial charge in [0.05, 0.1) is 7.11 Å². The Kier molecular flexibility index (Phi) is 4.15. The highest BCUT2D eigenvalue weighted by molar-refractivity contribution is 5.91. The highest BCUT2D eigenvalue weighted by Crippen LogP contribution is 2.40. The first kappa shape index (κ1) is 14.6. The van der Waals surface area contributed by atoms with Crippen LogP contribution >= 0.6 is 0 Å². The van der Waals surface area contributed by atoms with Crippen molar-refractivity contribution >= 4 is 5.97 Å². The number of rotatable bonds is 4. The fraction of sp³-hybridized carbons (Fsp3) is 0.500. The fourth-order valence-corrected chi connectivity index (χ4v) is 2.83. The number of aromatic carboxylic acids is 1. The molecule has 0 saturated carbocycles. The number of hydrogen-bond acceptors (Lipinski definition) is 5. The quantitative estimate of drug-likeness (QED) is 0.763. The van der Waals surface area contributed by atoms with E-state index < -0.39 is 5.97 Å². The summed E-state index contributed by atoms with van der Waals surface area (Å²) in [6.45, 7) is 1.43. The van der Waals surface area contributed by atoms with Gasteiger partial charge in [-0.3, -0.25) is 4.90 Å². The summed E-state index contributed by atoms with van der Waals surface area (Å²) in [4.78, 5) is 13.4. The number of methoxy groups -OCH3 is 1. The molecule has 6 heteroatoms. The summed E-state index contributed by atoms with van der Waals surface area (Å²) in [6.07, 6.45) is 0.811. The van der Waals surface area contributed by atoms with E-state index in [1.807, 2.05) is 7.05 Å². The molecule has 1 heterocycles. The number of phenolic OH excluding ortho intramolecular Hbond substituents is 1. The molecule has 1 aliphatic heterocycles. The van der Waals surface area contributed by atoms with Crippen LogP contribution in [0.1, 0.15) is 28.4 Å². The van der Waals surface area contributed by atoms with Crippen molar-refractivity contribution in [1.29, 1.82) is 0 Å². The smallest absolute Gasteiger partial charge is 0.339 e. The summed E-state index contributed by atoms with van der Waals surface area (Å²) in [5.74, 6) is -0.491. The Bertz CT molecular complexity index is 518. The van der Waals surface area contributed by atoms with Crippen molar-refractivity contribution in [2.24, 2.45) is 11.7 Å². The first-order valence-electron chi connectivity index (χ1n) is 6.52. The molecule has 1 aliphatic rings. The second-order valence-electron chi connectivity index (χ2n) is 5.21. The van der Waals surface area contributed by atoms with Crippen molar-refractivity contribution in [3.05, 3.63) is 23.3 Å². The lowest BCUT2D eigenvalue weighted by molar-refractivity contribution is 0.0693. The van der Waals surface area contributed by atoms with E-state index in [1.54, 1.807) is 0 Å². The molecule has 6 nitrogen and oxygen atoms in total. The predicted molar refractivity (Wildman–Crippen MR) is 74.2 cm³/mol. The molecule has 0 aromatic heterocycles. The highest BCUT2D eigenvalue weighted by atomic mass is 16.5. The first-order valence-corrected chi connectivity index (χ1v) is 6.52. The molecule has 110 valence electrons. The summed E-state index contributed by atoms with van der Waals surface area (Å²) < 4.78 is 5.00. The normalized spacial score (nSPS) is 22.9. The Hall–Kier alpha value is -1.79. The van der Waals surface area contributed by atoms with Gasteiger partial charge >= 0.3 is 5.97 Å². The first-order chi connectivity index (χ1) is 9.47. The molecule has 1 aromatic carbocycles. The van der Waals surface area contributed by atoms with Crippen LogP contribution in [0.2, 0.25) is 0 Å². The number of carboxylic acid groups (broad SMARTS) is 1. The highest BCUT2D eigenvalue weighted by Gasteiger charge is 2.32. The maximum Gasteiger partial charge on any atom is 0.339 e. The number of aromatic hydroxyl groups is 1. The van der Waals surface area contributed by atoms with Gasteiger partial charge in [-0.15, -0.1) is 0 Å². The van der Waals surface area contributed by atoms with Crippen molar-refractivity contribution in [3.63, 3.8) is 0 Å². The Balaban J connectivity index is 2.42. The van der Waals surface area contributed by atoms with Crippen LogP contribution in [0, 0.1) is 5.92 Å². The van der Waals surface area contributed by atoms with E-state index in [0.29, 0.717) is 18.0 Å². The van der Waals surface area contributed by atoms with E-state index in [1.165, 1.54) is 19.2 Å². The van der Waals surface area contributed by atoms with Crippen molar-refractivity contribution in [1.82, 2.24) is 4.90 Å². The van der Waals surface area contributed by atoms with Crippen LogP contribution in [0.5, 0.6) is 11.5 Å². The maximum absolute atomic E-state index is 11.3. The molecule has 2 atom stereocenters. The second kappa shape index (κ2) is 5.68. The Morgan fingerprint density at radius 2 is 2.25 bits per heavy atom. The van der Waals surface area contributed by atoms with Crippen LogP contribution in [0.25, 0.3) is 0 Å². The van der Waals surface area contributed by atoms with Gasteiger partial charge in [0.25, 0.3) is 0 Å². The third-order valence-electron chi connectivity index (χ3n) is 3.91. The third kappa shape index (κ3) is 2.57. The number of nitrogens with zero attached hydrogens (tertiary/aromatic N) is 1. The predicted octanol–water partition coefficient (Wildman–Crippen LogP) is 1.05. The van der Waals surface area contributed by atoms with Gasteiger partial charge in [-0.25, -0.2) is 4.79 Å². The Labute approximate surface area is 117 Å². The van der Waals surface area contributed by atoms with Crippen molar-refractivity contribution in [2.45, 2.75) is 12.5 Å². The van der Waals surface area contributed by atoms with Crippen LogP contribution in [-0.2, 0) is 0 Å². The molecule has 20 heavy (non-hydrogen) atoms. The number of benzene rings is 1. The molecule has 1 aromatic rings. The molecule has 0 spiro atoms. The molecular weight excluding hydrogens is 260 g/mol. The molecule has 1 saturated heterocycles. The van der Waals surface area contributed by atoms with E-state index in [9.17, 15) is 15.0 Å². The monoisotopic (exact) mass is 280 g/mol. The molecule has 0 aliphatic carbocycles. The van der Waals surface area contributed by atoms with Gasteiger partial charge in [0.1, 0.15) is 17.1 Å². The number of hydrogen-bond donors (Lipinski definition) is 3. The lowest BCUT2D eigenvalue weighted by Gasteiger charge is -2.21. The van der Waals surface area contributed by atoms with Gasteiger partial charge in [0.15, 0.2) is 0 Å². The molecule has 0 amide bonds. The molecule has 0 radical (unpaired) electrons. The maximum atomic E-state index is 11.3. The van der Waals surface area contributed by atoms with Gasteiger partial charge in [-0.05, 0) is 32.0 Å². The molecule has 2 unspecified atom stereocenters. The number of likely N-dealkylation sites (tertiary alicyclic amines) is 1. The summed E-state index contributed by atoms with van der Waals surface area (Å²) in [5.41, 5.74) is 6.37. The number of nitrogens with two attached hydrogens (primary N) is 1. The van der Waals surface area contributed by atoms with E-state index in [2.05, 4.69) is 4.90 Å². The third-order valence-corrected chi connectivity index (χ3v) is 3.91. The van der Waals surface area contributed by atoms with Gasteiger partial charge in [-0.2, -0.15) is 0 Å².